The number of aromatic nitrogens is 1. The van der Waals surface area contributed by atoms with Gasteiger partial charge in [0.2, 0.25) is 0 Å². The van der Waals surface area contributed by atoms with Crippen LogP contribution in [0.5, 0.6) is 0 Å². The highest BCUT2D eigenvalue weighted by atomic mass is 16.7. The van der Waals surface area contributed by atoms with Crippen LogP contribution in [0.25, 0.3) is 0 Å². The SMILES string of the molecule is Cc1ccc(C(C)([N+](=O)[O-])[N+](=O)[O-])cn1. The van der Waals surface area contributed by atoms with Crippen molar-refractivity contribution in [2.45, 2.75) is 19.5 Å². The molecule has 0 unspecified atom stereocenters. The molecule has 0 saturated heterocycles. The van der Waals surface area contributed by atoms with Crippen LogP contribution >= 0.6 is 0 Å². The second-order valence-electron chi connectivity index (χ2n) is 3.22. The van der Waals surface area contributed by atoms with Gasteiger partial charge in [-0.25, -0.2) is 0 Å². The van der Waals surface area contributed by atoms with Crippen molar-refractivity contribution < 1.29 is 9.85 Å². The van der Waals surface area contributed by atoms with Crippen molar-refractivity contribution in [2.24, 2.45) is 0 Å². The quantitative estimate of drug-likeness (QED) is 0.423. The van der Waals surface area contributed by atoms with Crippen molar-refractivity contribution in [3.8, 4) is 0 Å². The highest BCUT2D eigenvalue weighted by molar-refractivity contribution is 5.17. The second-order valence-corrected chi connectivity index (χ2v) is 3.22. The summed E-state index contributed by atoms with van der Waals surface area (Å²) in [6.07, 6.45) is 1.15. The van der Waals surface area contributed by atoms with E-state index in [9.17, 15) is 20.2 Å². The van der Waals surface area contributed by atoms with Gasteiger partial charge in [-0.05, 0) is 19.1 Å². The van der Waals surface area contributed by atoms with Crippen molar-refractivity contribution in [2.75, 3.05) is 0 Å². The van der Waals surface area contributed by atoms with E-state index in [2.05, 4.69) is 4.98 Å². The Morgan fingerprint density at radius 2 is 1.80 bits per heavy atom. The molecule has 0 saturated carbocycles. The summed E-state index contributed by atoms with van der Waals surface area (Å²) < 4.78 is 0. The number of hydrogen-bond donors (Lipinski definition) is 0. The Kier molecular flexibility index (Phi) is 2.65. The molecule has 0 aliphatic carbocycles. The maximum atomic E-state index is 10.7. The largest absolute Gasteiger partial charge is 0.483 e. The molecule has 0 aromatic carbocycles. The minimum atomic E-state index is -2.33. The van der Waals surface area contributed by atoms with Gasteiger partial charge in [0.1, 0.15) is 15.4 Å². The van der Waals surface area contributed by atoms with Crippen LogP contribution in [0.2, 0.25) is 0 Å². The van der Waals surface area contributed by atoms with Gasteiger partial charge in [0.25, 0.3) is 0 Å². The molecule has 0 spiro atoms. The molecule has 0 amide bonds. The third-order valence-electron chi connectivity index (χ3n) is 2.17. The number of pyridine rings is 1. The van der Waals surface area contributed by atoms with E-state index in [1.165, 1.54) is 12.1 Å². The first-order chi connectivity index (χ1) is 6.89. The van der Waals surface area contributed by atoms with Crippen LogP contribution in [-0.4, -0.2) is 14.8 Å². The van der Waals surface area contributed by atoms with Crippen molar-refractivity contribution in [1.29, 1.82) is 0 Å². The highest BCUT2D eigenvalue weighted by Gasteiger charge is 2.52. The van der Waals surface area contributed by atoms with E-state index in [-0.39, 0.29) is 5.56 Å². The van der Waals surface area contributed by atoms with Crippen LogP contribution in [0.4, 0.5) is 0 Å². The molecule has 0 N–H and O–H groups in total. The fraction of sp³-hybridized carbons (Fsp3) is 0.375. The molecular weight excluding hydrogens is 202 g/mol. The number of rotatable bonds is 3. The molecule has 1 aromatic rings. The van der Waals surface area contributed by atoms with Crippen LogP contribution in [0.15, 0.2) is 18.3 Å². The Balaban J connectivity index is 3.28. The Labute approximate surface area is 85.1 Å². The third kappa shape index (κ3) is 1.76. The summed E-state index contributed by atoms with van der Waals surface area (Å²) in [5.74, 6) is 0. The van der Waals surface area contributed by atoms with E-state index in [0.29, 0.717) is 5.69 Å². The Morgan fingerprint density at radius 3 is 2.13 bits per heavy atom. The van der Waals surface area contributed by atoms with E-state index in [0.717, 1.165) is 13.1 Å². The molecule has 1 aromatic heterocycles. The molecule has 0 radical (unpaired) electrons. The number of nitrogens with zero attached hydrogens (tertiary/aromatic N) is 3. The molecule has 1 rings (SSSR count). The maximum absolute atomic E-state index is 10.7. The fourth-order valence-electron chi connectivity index (χ4n) is 1.03. The Morgan fingerprint density at radius 1 is 1.27 bits per heavy atom. The smallest absolute Gasteiger partial charge is 0.261 e. The monoisotopic (exact) mass is 211 g/mol. The minimum Gasteiger partial charge on any atom is -0.261 e. The highest BCUT2D eigenvalue weighted by Crippen LogP contribution is 2.24. The molecule has 7 heteroatoms. The van der Waals surface area contributed by atoms with Crippen LogP contribution < -0.4 is 0 Å². The lowest BCUT2D eigenvalue weighted by molar-refractivity contribution is -0.805. The lowest BCUT2D eigenvalue weighted by atomic mass is 10.1. The minimum absolute atomic E-state index is 0.0388. The van der Waals surface area contributed by atoms with Crippen LogP contribution in [-0.2, 0) is 5.66 Å². The topological polar surface area (TPSA) is 99.2 Å². The van der Waals surface area contributed by atoms with E-state index < -0.39 is 15.5 Å². The Hall–Kier alpha value is -2.05. The first kappa shape index (κ1) is 11.0. The predicted molar refractivity (Wildman–Crippen MR) is 50.3 cm³/mol. The average Bonchev–Trinajstić information content (AvgIpc) is 2.17. The summed E-state index contributed by atoms with van der Waals surface area (Å²) in [7, 11) is 0. The lowest BCUT2D eigenvalue weighted by Crippen LogP contribution is -2.40. The number of nitro groups is 2. The maximum Gasteiger partial charge on any atom is 0.483 e. The molecule has 0 aliphatic rings. The fourth-order valence-corrected chi connectivity index (χ4v) is 1.03. The first-order valence-corrected chi connectivity index (χ1v) is 4.11. The third-order valence-corrected chi connectivity index (χ3v) is 2.17. The van der Waals surface area contributed by atoms with Crippen LogP contribution in [0, 0.1) is 27.2 Å². The zero-order valence-corrected chi connectivity index (χ0v) is 8.21. The van der Waals surface area contributed by atoms with Gasteiger partial charge in [-0.3, -0.25) is 25.2 Å². The molecule has 7 nitrogen and oxygen atoms in total. The summed E-state index contributed by atoms with van der Waals surface area (Å²) in [4.78, 5) is 23.3. The lowest BCUT2D eigenvalue weighted by Gasteiger charge is -2.11. The Bertz CT molecular complexity index is 387. The molecule has 80 valence electrons. The van der Waals surface area contributed by atoms with Crippen LogP contribution in [0.1, 0.15) is 18.2 Å². The van der Waals surface area contributed by atoms with Gasteiger partial charge in [-0.2, -0.15) is 0 Å². The molecule has 0 atom stereocenters. The molecule has 15 heavy (non-hydrogen) atoms. The number of hydrogen-bond acceptors (Lipinski definition) is 5. The molecule has 0 aliphatic heterocycles. The van der Waals surface area contributed by atoms with Gasteiger partial charge in [-0.1, -0.05) is 0 Å². The predicted octanol–water partition coefficient (Wildman–Crippen LogP) is 1.12. The normalized spacial score (nSPS) is 11.1. The molecule has 0 fully saturated rings. The van der Waals surface area contributed by atoms with E-state index in [1.807, 2.05) is 0 Å². The van der Waals surface area contributed by atoms with Gasteiger partial charge >= 0.3 is 5.66 Å². The average molecular weight is 211 g/mol. The summed E-state index contributed by atoms with van der Waals surface area (Å²) >= 11 is 0. The molecular formula is C8H9N3O4. The van der Waals surface area contributed by atoms with Gasteiger partial charge in [-0.15, -0.1) is 0 Å². The van der Waals surface area contributed by atoms with Gasteiger partial charge in [0.05, 0.1) is 6.92 Å². The number of aryl methyl sites for hydroxylation is 1. The van der Waals surface area contributed by atoms with Crippen molar-refractivity contribution in [1.82, 2.24) is 4.98 Å². The van der Waals surface area contributed by atoms with Crippen molar-refractivity contribution in [3.63, 3.8) is 0 Å². The second kappa shape index (κ2) is 3.60. The van der Waals surface area contributed by atoms with Crippen LogP contribution in [0.3, 0.4) is 0 Å². The first-order valence-electron chi connectivity index (χ1n) is 4.11. The van der Waals surface area contributed by atoms with Gasteiger partial charge < -0.3 is 0 Å². The summed E-state index contributed by atoms with van der Waals surface area (Å²) in [6, 6.07) is 2.84. The van der Waals surface area contributed by atoms with Crippen molar-refractivity contribution >= 4 is 0 Å². The summed E-state index contributed by atoms with van der Waals surface area (Å²) in [5.41, 5.74) is -1.73. The van der Waals surface area contributed by atoms with E-state index in [1.54, 1.807) is 6.92 Å². The standard InChI is InChI=1S/C8H9N3O4/c1-6-3-4-7(5-9-6)8(2,10(12)13)11(14)15/h3-5H,1-2H3. The zero-order chi connectivity index (χ0) is 11.6. The van der Waals surface area contributed by atoms with Gasteiger partial charge in [0, 0.05) is 11.9 Å². The van der Waals surface area contributed by atoms with E-state index >= 15 is 0 Å². The molecule has 1 heterocycles. The molecule has 0 bridgehead atoms. The zero-order valence-electron chi connectivity index (χ0n) is 8.21. The van der Waals surface area contributed by atoms with E-state index in [4.69, 9.17) is 0 Å². The summed E-state index contributed by atoms with van der Waals surface area (Å²) in [6.45, 7) is 2.64. The van der Waals surface area contributed by atoms with Gasteiger partial charge in [0.15, 0.2) is 0 Å². The summed E-state index contributed by atoms with van der Waals surface area (Å²) in [5, 5.41) is 21.4. The van der Waals surface area contributed by atoms with Crippen molar-refractivity contribution in [3.05, 3.63) is 49.8 Å².